The highest BCUT2D eigenvalue weighted by Gasteiger charge is 1.95. The zero-order chi connectivity index (χ0) is 12.2. The molecule has 0 aliphatic rings. The van der Waals surface area contributed by atoms with Gasteiger partial charge in [0.25, 0.3) is 0 Å². The zero-order valence-corrected chi connectivity index (χ0v) is 10.3. The predicted molar refractivity (Wildman–Crippen MR) is 68.1 cm³/mol. The molecule has 1 heteroatoms. The molecule has 0 amide bonds. The summed E-state index contributed by atoms with van der Waals surface area (Å²) in [7, 11) is 1.68. The lowest BCUT2D eigenvalue weighted by molar-refractivity contribution is 0.204. The van der Waals surface area contributed by atoms with Gasteiger partial charge in [0.05, 0.1) is 1.37 Å². The molecule has 0 aliphatic carbocycles. The molecule has 15 heavy (non-hydrogen) atoms. The molecule has 0 saturated carbocycles. The maximum Gasteiger partial charge on any atom is 0.0576 e. The summed E-state index contributed by atoms with van der Waals surface area (Å²) in [6, 6.07) is 0.748. The molecule has 0 N–H and O–H groups in total. The van der Waals surface area contributed by atoms with E-state index in [1.54, 1.807) is 7.11 Å². The molecular formula is C14H26O. The molecule has 0 aromatic rings. The summed E-state index contributed by atoms with van der Waals surface area (Å²) in [5.41, 5.74) is 1.24. The second-order valence-electron chi connectivity index (χ2n) is 3.83. The first-order chi connectivity index (χ1) is 7.76. The van der Waals surface area contributed by atoms with E-state index in [0.29, 0.717) is 6.61 Å². The number of unbranched alkanes of at least 4 members (excludes halogenated alkanes) is 3. The quantitative estimate of drug-likeness (QED) is 0.382. The molecule has 0 rings (SSSR count). The molecule has 0 aliphatic heterocycles. The minimum Gasteiger partial charge on any atom is -0.384 e. The van der Waals surface area contributed by atoms with Gasteiger partial charge in [-0.15, -0.1) is 6.58 Å². The largest absolute Gasteiger partial charge is 0.384 e. The summed E-state index contributed by atoms with van der Waals surface area (Å²) in [6.07, 6.45) is 9.57. The van der Waals surface area contributed by atoms with Gasteiger partial charge in [0.1, 0.15) is 0 Å². The molecule has 0 fully saturated rings. The van der Waals surface area contributed by atoms with Crippen molar-refractivity contribution >= 4 is 0 Å². The fourth-order valence-electron chi connectivity index (χ4n) is 1.53. The molecule has 0 aromatic heterocycles. The Bertz CT molecular complexity index is 209. The first-order valence-electron chi connectivity index (χ1n) is 6.53. The van der Waals surface area contributed by atoms with Crippen molar-refractivity contribution in [2.75, 3.05) is 13.7 Å². The second-order valence-corrected chi connectivity index (χ2v) is 3.83. The highest BCUT2D eigenvalue weighted by atomic mass is 16.5. The zero-order valence-electron chi connectivity index (χ0n) is 11.3. The van der Waals surface area contributed by atoms with E-state index in [1.165, 1.54) is 31.3 Å². The van der Waals surface area contributed by atoms with Gasteiger partial charge in [0, 0.05) is 13.7 Å². The van der Waals surface area contributed by atoms with Gasteiger partial charge in [-0.3, -0.25) is 0 Å². The molecule has 0 radical (unpaired) electrons. The Balaban J connectivity index is 4.06. The van der Waals surface area contributed by atoms with Crippen LogP contribution in [0.2, 0.25) is 0 Å². The minimum atomic E-state index is 0.647. The Hall–Kier alpha value is -0.560. The average Bonchev–Trinajstić information content (AvgIpc) is 2.30. The maximum atomic E-state index is 7.97. The Kier molecular flexibility index (Phi) is 9.60. The van der Waals surface area contributed by atoms with E-state index < -0.39 is 0 Å². The third-order valence-electron chi connectivity index (χ3n) is 2.40. The fraction of sp³-hybridized carbons (Fsp3) is 0.714. The Labute approximate surface area is 96.6 Å². The molecule has 0 saturated heterocycles. The van der Waals surface area contributed by atoms with Crippen LogP contribution in [-0.2, 0) is 4.74 Å². The lowest BCUT2D eigenvalue weighted by atomic mass is 10.0. The average molecular weight is 211 g/mol. The van der Waals surface area contributed by atoms with Crippen molar-refractivity contribution in [2.24, 2.45) is 0 Å². The number of allylic oxidation sites excluding steroid dienone is 2. The molecule has 0 atom stereocenters. The summed E-state index contributed by atoms with van der Waals surface area (Å²) in [5, 5.41) is 0. The third kappa shape index (κ3) is 9.74. The van der Waals surface area contributed by atoms with Gasteiger partial charge in [0.2, 0.25) is 0 Å². The van der Waals surface area contributed by atoms with Crippen LogP contribution in [0.4, 0.5) is 0 Å². The van der Waals surface area contributed by atoms with Crippen molar-refractivity contribution in [3.63, 3.8) is 0 Å². The lowest BCUT2D eigenvalue weighted by Gasteiger charge is -2.05. The van der Waals surface area contributed by atoms with E-state index in [9.17, 15) is 0 Å². The van der Waals surface area contributed by atoms with Gasteiger partial charge >= 0.3 is 0 Å². The highest BCUT2D eigenvalue weighted by molar-refractivity contribution is 5.06. The van der Waals surface area contributed by atoms with E-state index in [-0.39, 0.29) is 0 Å². The van der Waals surface area contributed by atoms with Gasteiger partial charge in [0.15, 0.2) is 0 Å². The van der Waals surface area contributed by atoms with Crippen LogP contribution in [0, 0.1) is 0 Å². The van der Waals surface area contributed by atoms with E-state index in [0.717, 1.165) is 25.3 Å². The summed E-state index contributed by atoms with van der Waals surface area (Å²) in [5.74, 6) is 0. The van der Waals surface area contributed by atoms with Crippen LogP contribution in [0.5, 0.6) is 0 Å². The molecule has 1 nitrogen and oxygen atoms in total. The standard InChI is InChI=1S/C14H26O/c1-4-6-7-8-11-14(10-5-2)12-9-13-15-3/h5,12H,2,4,6-11,13H2,1,3H3/b14-12-/i12D. The Morgan fingerprint density at radius 3 is 2.80 bits per heavy atom. The van der Waals surface area contributed by atoms with Crippen molar-refractivity contribution in [2.45, 2.75) is 51.9 Å². The maximum absolute atomic E-state index is 7.97. The van der Waals surface area contributed by atoms with Gasteiger partial charge < -0.3 is 4.74 Å². The van der Waals surface area contributed by atoms with E-state index in [4.69, 9.17) is 6.11 Å². The predicted octanol–water partition coefficient (Wildman–Crippen LogP) is 4.50. The van der Waals surface area contributed by atoms with Gasteiger partial charge in [-0.25, -0.2) is 0 Å². The van der Waals surface area contributed by atoms with Gasteiger partial charge in [-0.05, 0) is 25.7 Å². The molecule has 0 bridgehead atoms. The summed E-state index contributed by atoms with van der Waals surface area (Å²) in [4.78, 5) is 0. The topological polar surface area (TPSA) is 9.23 Å². The first-order valence-corrected chi connectivity index (χ1v) is 6.03. The summed E-state index contributed by atoms with van der Waals surface area (Å²) in [6.45, 7) is 6.62. The van der Waals surface area contributed by atoms with Crippen LogP contribution in [-0.4, -0.2) is 13.7 Å². The smallest absolute Gasteiger partial charge is 0.0576 e. The fourth-order valence-corrected chi connectivity index (χ4v) is 1.53. The molecular weight excluding hydrogens is 184 g/mol. The number of ether oxygens (including phenoxy) is 1. The van der Waals surface area contributed by atoms with Crippen LogP contribution in [0.15, 0.2) is 24.3 Å². The Morgan fingerprint density at radius 2 is 2.20 bits per heavy atom. The monoisotopic (exact) mass is 211 g/mol. The molecule has 88 valence electrons. The van der Waals surface area contributed by atoms with Crippen molar-refractivity contribution in [3.05, 3.63) is 24.3 Å². The molecule has 0 unspecified atom stereocenters. The van der Waals surface area contributed by atoms with E-state index >= 15 is 0 Å². The van der Waals surface area contributed by atoms with E-state index in [1.807, 2.05) is 6.08 Å². The summed E-state index contributed by atoms with van der Waals surface area (Å²) < 4.78 is 13.0. The van der Waals surface area contributed by atoms with Crippen LogP contribution in [0.1, 0.15) is 53.2 Å². The molecule has 0 heterocycles. The molecule has 0 spiro atoms. The normalized spacial score (nSPS) is 13.3. The minimum absolute atomic E-state index is 0.647. The number of hydrogen-bond acceptors (Lipinski definition) is 1. The lowest BCUT2D eigenvalue weighted by Crippen LogP contribution is -1.89. The number of methoxy groups -OCH3 is 1. The second kappa shape index (κ2) is 11.5. The van der Waals surface area contributed by atoms with Crippen LogP contribution in [0.3, 0.4) is 0 Å². The molecule has 0 aromatic carbocycles. The van der Waals surface area contributed by atoms with Crippen molar-refractivity contribution in [3.8, 4) is 0 Å². The van der Waals surface area contributed by atoms with Crippen molar-refractivity contribution in [1.29, 1.82) is 0 Å². The summed E-state index contributed by atoms with van der Waals surface area (Å²) >= 11 is 0. The van der Waals surface area contributed by atoms with Crippen LogP contribution < -0.4 is 0 Å². The van der Waals surface area contributed by atoms with Crippen molar-refractivity contribution in [1.82, 2.24) is 0 Å². The SMILES string of the molecule is [2H]/C(CCOC)=C(\CC=C)CCCCCC. The van der Waals surface area contributed by atoms with E-state index in [2.05, 4.69) is 13.5 Å². The Morgan fingerprint density at radius 1 is 1.40 bits per heavy atom. The van der Waals surface area contributed by atoms with Crippen molar-refractivity contribution < 1.29 is 6.11 Å². The van der Waals surface area contributed by atoms with Crippen LogP contribution in [0.25, 0.3) is 0 Å². The van der Waals surface area contributed by atoms with Gasteiger partial charge in [-0.2, -0.15) is 0 Å². The number of rotatable bonds is 10. The van der Waals surface area contributed by atoms with Gasteiger partial charge in [-0.1, -0.05) is 43.9 Å². The third-order valence-corrected chi connectivity index (χ3v) is 2.40. The number of hydrogen-bond donors (Lipinski definition) is 0. The van der Waals surface area contributed by atoms with Crippen LogP contribution >= 0.6 is 0 Å². The highest BCUT2D eigenvalue weighted by Crippen LogP contribution is 2.14. The first kappa shape index (κ1) is 12.5.